The van der Waals surface area contributed by atoms with Crippen molar-refractivity contribution >= 4 is 15.7 Å². The molecular formula is C12H14F2N4O2S. The van der Waals surface area contributed by atoms with Crippen molar-refractivity contribution in [1.29, 1.82) is 0 Å². The van der Waals surface area contributed by atoms with Gasteiger partial charge in [0.15, 0.2) is 0 Å². The normalized spacial score (nSPS) is 11.6. The number of aryl methyl sites for hydroxylation is 1. The maximum Gasteiger partial charge on any atom is 0.265 e. The van der Waals surface area contributed by atoms with Gasteiger partial charge < -0.3 is 5.32 Å². The largest absolute Gasteiger partial charge is 0.314 e. The number of aromatic nitrogens is 2. The molecule has 2 rings (SSSR count). The van der Waals surface area contributed by atoms with Crippen molar-refractivity contribution in [2.45, 2.75) is 18.4 Å². The number of nitrogens with zero attached hydrogens (tertiary/aromatic N) is 1. The molecule has 0 unspecified atom stereocenters. The van der Waals surface area contributed by atoms with E-state index in [9.17, 15) is 17.2 Å². The number of halogens is 2. The first-order valence-corrected chi connectivity index (χ1v) is 7.50. The lowest BCUT2D eigenvalue weighted by molar-refractivity contribution is 0.582. The molecule has 21 heavy (non-hydrogen) atoms. The van der Waals surface area contributed by atoms with Gasteiger partial charge in [-0.25, -0.2) is 17.2 Å². The molecule has 0 spiro atoms. The van der Waals surface area contributed by atoms with Crippen LogP contribution in [-0.2, 0) is 16.6 Å². The summed E-state index contributed by atoms with van der Waals surface area (Å²) >= 11 is 0. The van der Waals surface area contributed by atoms with Crippen LogP contribution in [0.25, 0.3) is 0 Å². The molecule has 1 aromatic carbocycles. The second-order valence-electron chi connectivity index (χ2n) is 4.38. The van der Waals surface area contributed by atoms with Crippen molar-refractivity contribution in [1.82, 2.24) is 15.5 Å². The topological polar surface area (TPSA) is 86.9 Å². The third-order valence-electron chi connectivity index (χ3n) is 2.75. The third-order valence-corrected chi connectivity index (χ3v) is 4.32. The van der Waals surface area contributed by atoms with Crippen LogP contribution < -0.4 is 10.0 Å². The molecule has 1 heterocycles. The molecule has 0 aliphatic heterocycles. The molecule has 114 valence electrons. The van der Waals surface area contributed by atoms with Gasteiger partial charge in [0.05, 0.1) is 17.1 Å². The molecule has 3 N–H and O–H groups in total. The van der Waals surface area contributed by atoms with Crippen LogP contribution in [0.4, 0.5) is 14.5 Å². The van der Waals surface area contributed by atoms with Gasteiger partial charge in [0.2, 0.25) is 0 Å². The summed E-state index contributed by atoms with van der Waals surface area (Å²) in [5.41, 5.74) is 0.285. The minimum Gasteiger partial charge on any atom is -0.314 e. The SMILES string of the molecule is CNCc1n[nH]c(C)c1S(=O)(=O)Nc1ccc(F)cc1F. The summed E-state index contributed by atoms with van der Waals surface area (Å²) < 4.78 is 53.2. The van der Waals surface area contributed by atoms with Crippen molar-refractivity contribution < 1.29 is 17.2 Å². The van der Waals surface area contributed by atoms with Crippen LogP contribution in [-0.4, -0.2) is 25.7 Å². The van der Waals surface area contributed by atoms with E-state index in [-0.39, 0.29) is 22.8 Å². The molecular weight excluding hydrogens is 302 g/mol. The smallest absolute Gasteiger partial charge is 0.265 e. The van der Waals surface area contributed by atoms with Gasteiger partial charge in [0.25, 0.3) is 10.0 Å². The average Bonchev–Trinajstić information content (AvgIpc) is 2.75. The number of hydrogen-bond acceptors (Lipinski definition) is 4. The standard InChI is InChI=1S/C12H14F2N4O2S/c1-7-12(11(6-15-2)17-16-7)21(19,20)18-10-4-3-8(13)5-9(10)14/h3-5,15,18H,6H2,1-2H3,(H,16,17). The molecule has 0 aliphatic rings. The highest BCUT2D eigenvalue weighted by atomic mass is 32.2. The minimum atomic E-state index is -4.04. The number of hydrogen-bond donors (Lipinski definition) is 3. The zero-order valence-corrected chi connectivity index (χ0v) is 12.2. The van der Waals surface area contributed by atoms with Gasteiger partial charge in [-0.1, -0.05) is 0 Å². The van der Waals surface area contributed by atoms with Crippen LogP contribution in [0.5, 0.6) is 0 Å². The van der Waals surface area contributed by atoms with Gasteiger partial charge >= 0.3 is 0 Å². The van der Waals surface area contributed by atoms with E-state index in [2.05, 4.69) is 20.2 Å². The molecule has 0 bridgehead atoms. The lowest BCUT2D eigenvalue weighted by atomic mass is 10.3. The van der Waals surface area contributed by atoms with Gasteiger partial charge in [0, 0.05) is 12.6 Å². The molecule has 6 nitrogen and oxygen atoms in total. The third kappa shape index (κ3) is 3.19. The molecule has 0 amide bonds. The second kappa shape index (κ2) is 5.78. The Balaban J connectivity index is 2.41. The summed E-state index contributed by atoms with van der Waals surface area (Å²) in [6.07, 6.45) is 0. The summed E-state index contributed by atoms with van der Waals surface area (Å²) in [7, 11) is -2.39. The van der Waals surface area contributed by atoms with E-state index < -0.39 is 21.7 Å². The van der Waals surface area contributed by atoms with Gasteiger partial charge in [-0.15, -0.1) is 0 Å². The number of benzene rings is 1. The lowest BCUT2D eigenvalue weighted by Gasteiger charge is -2.10. The Labute approximate surface area is 120 Å². The Morgan fingerprint density at radius 3 is 2.67 bits per heavy atom. The Morgan fingerprint density at radius 1 is 1.33 bits per heavy atom. The molecule has 0 saturated heterocycles. The maximum absolute atomic E-state index is 13.6. The van der Waals surface area contributed by atoms with Gasteiger partial charge in [0.1, 0.15) is 16.5 Å². The summed E-state index contributed by atoms with van der Waals surface area (Å²) in [5, 5.41) is 9.26. The van der Waals surface area contributed by atoms with E-state index >= 15 is 0 Å². The fourth-order valence-corrected chi connectivity index (χ4v) is 3.32. The monoisotopic (exact) mass is 316 g/mol. The van der Waals surface area contributed by atoms with Crippen LogP contribution >= 0.6 is 0 Å². The number of nitrogens with one attached hydrogen (secondary N) is 3. The number of aromatic amines is 1. The van der Waals surface area contributed by atoms with Gasteiger partial charge in [-0.3, -0.25) is 9.82 Å². The van der Waals surface area contributed by atoms with E-state index in [1.54, 1.807) is 14.0 Å². The maximum atomic E-state index is 13.6. The van der Waals surface area contributed by atoms with Gasteiger partial charge in [-0.2, -0.15) is 5.10 Å². The predicted octanol–water partition coefficient (Wildman–Crippen LogP) is 1.52. The fourth-order valence-electron chi connectivity index (χ4n) is 1.88. The lowest BCUT2D eigenvalue weighted by Crippen LogP contribution is -2.18. The average molecular weight is 316 g/mol. The van der Waals surface area contributed by atoms with E-state index in [4.69, 9.17) is 0 Å². The zero-order valence-electron chi connectivity index (χ0n) is 11.4. The summed E-state index contributed by atoms with van der Waals surface area (Å²) in [6.45, 7) is 1.77. The molecule has 0 aliphatic carbocycles. The van der Waals surface area contributed by atoms with Crippen LogP contribution in [0.15, 0.2) is 23.1 Å². The summed E-state index contributed by atoms with van der Waals surface area (Å²) in [4.78, 5) is -0.0550. The fraction of sp³-hybridized carbons (Fsp3) is 0.250. The van der Waals surface area contributed by atoms with Crippen molar-refractivity contribution in [2.24, 2.45) is 0 Å². The van der Waals surface area contributed by atoms with Crippen molar-refractivity contribution in [3.05, 3.63) is 41.2 Å². The molecule has 2 aromatic rings. The Morgan fingerprint density at radius 2 is 2.05 bits per heavy atom. The minimum absolute atomic E-state index is 0.0550. The quantitative estimate of drug-likeness (QED) is 0.780. The first kappa shape index (κ1) is 15.4. The number of H-pyrrole nitrogens is 1. The molecule has 0 saturated carbocycles. The highest BCUT2D eigenvalue weighted by Crippen LogP contribution is 2.23. The molecule has 0 fully saturated rings. The predicted molar refractivity (Wildman–Crippen MR) is 73.3 cm³/mol. The molecule has 9 heteroatoms. The number of anilines is 1. The number of sulfonamides is 1. The molecule has 0 radical (unpaired) electrons. The van der Waals surface area contributed by atoms with E-state index in [0.29, 0.717) is 11.8 Å². The van der Waals surface area contributed by atoms with Crippen LogP contribution in [0.1, 0.15) is 11.4 Å². The van der Waals surface area contributed by atoms with Gasteiger partial charge in [-0.05, 0) is 26.1 Å². The zero-order chi connectivity index (χ0) is 15.6. The Hall–Kier alpha value is -2.00. The second-order valence-corrected chi connectivity index (χ2v) is 6.00. The first-order valence-electron chi connectivity index (χ1n) is 6.01. The van der Waals surface area contributed by atoms with E-state index in [0.717, 1.165) is 12.1 Å². The Kier molecular flexibility index (Phi) is 4.24. The van der Waals surface area contributed by atoms with E-state index in [1.165, 1.54) is 0 Å². The number of rotatable bonds is 5. The van der Waals surface area contributed by atoms with Crippen LogP contribution in [0, 0.1) is 18.6 Å². The molecule has 1 aromatic heterocycles. The first-order chi connectivity index (χ1) is 9.85. The highest BCUT2D eigenvalue weighted by molar-refractivity contribution is 7.92. The summed E-state index contributed by atoms with van der Waals surface area (Å²) in [6, 6.07) is 2.60. The highest BCUT2D eigenvalue weighted by Gasteiger charge is 2.25. The van der Waals surface area contributed by atoms with Crippen molar-refractivity contribution in [2.75, 3.05) is 11.8 Å². The van der Waals surface area contributed by atoms with Crippen LogP contribution in [0.2, 0.25) is 0 Å². The summed E-state index contributed by atoms with van der Waals surface area (Å²) in [5.74, 6) is -1.78. The van der Waals surface area contributed by atoms with E-state index in [1.807, 2.05) is 0 Å². The van der Waals surface area contributed by atoms with Crippen LogP contribution in [0.3, 0.4) is 0 Å². The Bertz CT molecular complexity index is 759. The molecule has 0 atom stereocenters. The van der Waals surface area contributed by atoms with Crippen molar-refractivity contribution in [3.63, 3.8) is 0 Å². The van der Waals surface area contributed by atoms with Crippen molar-refractivity contribution in [3.8, 4) is 0 Å².